The molecule has 0 bridgehead atoms. The molecule has 0 amide bonds. The van der Waals surface area contributed by atoms with Gasteiger partial charge in [-0.25, -0.2) is 18.6 Å². The van der Waals surface area contributed by atoms with Gasteiger partial charge in [0.2, 0.25) is 0 Å². The van der Waals surface area contributed by atoms with Gasteiger partial charge in [0.15, 0.2) is 5.82 Å². The molecule has 3 atom stereocenters. The van der Waals surface area contributed by atoms with Crippen LogP contribution in [0.3, 0.4) is 0 Å². The summed E-state index contributed by atoms with van der Waals surface area (Å²) in [6.45, 7) is 7.01. The zero-order valence-corrected chi connectivity index (χ0v) is 21.1. The second-order valence-corrected chi connectivity index (χ2v) is 9.45. The van der Waals surface area contributed by atoms with E-state index in [0.717, 1.165) is 24.1 Å². The van der Waals surface area contributed by atoms with Crippen LogP contribution in [0, 0.1) is 0 Å². The zero-order chi connectivity index (χ0) is 27.1. The number of aryl methyl sites for hydroxylation is 1. The number of aromatic nitrogens is 3. The molecule has 200 valence electrons. The Bertz CT molecular complexity index is 1310. The van der Waals surface area contributed by atoms with E-state index < -0.39 is 23.9 Å². The fourth-order valence-electron chi connectivity index (χ4n) is 5.11. The third kappa shape index (κ3) is 5.18. The second kappa shape index (κ2) is 10.4. The lowest BCUT2D eigenvalue weighted by Crippen LogP contribution is -2.59. The Balaban J connectivity index is 1.71. The Kier molecular flexibility index (Phi) is 7.55. The first-order chi connectivity index (χ1) is 17.5. The van der Waals surface area contributed by atoms with Crippen molar-refractivity contribution >= 4 is 16.9 Å². The molecule has 1 unspecified atom stereocenters. The fourth-order valence-corrected chi connectivity index (χ4v) is 5.11. The number of hydrogen-bond acceptors (Lipinski definition) is 5. The Morgan fingerprint density at radius 2 is 1.62 bits per heavy atom. The Labute approximate surface area is 211 Å². The van der Waals surface area contributed by atoms with Gasteiger partial charge >= 0.3 is 11.9 Å². The molecule has 1 aliphatic heterocycles. The van der Waals surface area contributed by atoms with Crippen molar-refractivity contribution in [3.8, 4) is 0 Å². The van der Waals surface area contributed by atoms with E-state index in [0.29, 0.717) is 25.0 Å². The van der Waals surface area contributed by atoms with E-state index in [2.05, 4.69) is 14.9 Å². The molecule has 4 rings (SSSR count). The fraction of sp³-hybridized carbons (Fsp3) is 0.500. The number of halogens is 5. The number of piperazine rings is 1. The molecule has 0 spiro atoms. The molecule has 0 radical (unpaired) electrons. The monoisotopic (exact) mass is 523 g/mol. The zero-order valence-electron chi connectivity index (χ0n) is 21.1. The molecule has 6 nitrogen and oxygen atoms in total. The average Bonchev–Trinajstić information content (AvgIpc) is 2.88. The van der Waals surface area contributed by atoms with E-state index in [1.165, 1.54) is 35.9 Å². The highest BCUT2D eigenvalue weighted by Crippen LogP contribution is 2.35. The van der Waals surface area contributed by atoms with E-state index in [1.807, 2.05) is 25.7 Å². The lowest BCUT2D eigenvalue weighted by atomic mass is 9.96. The topological polar surface area (TPSA) is 54.3 Å². The van der Waals surface area contributed by atoms with Crippen molar-refractivity contribution in [2.75, 3.05) is 18.0 Å². The minimum atomic E-state index is -4.40. The molecule has 1 fully saturated rings. The number of alkyl halides is 5. The number of nitrogens with zero attached hydrogens (tertiary/aromatic N) is 5. The van der Waals surface area contributed by atoms with E-state index in [1.54, 1.807) is 0 Å². The summed E-state index contributed by atoms with van der Waals surface area (Å²) in [6, 6.07) is 7.63. The molecule has 1 aromatic carbocycles. The molecule has 37 heavy (non-hydrogen) atoms. The SMILES string of the molecule is CC[C@H]1CN(C(C)c2ccc(C(F)(F)F)cc2)[C@H](CC)CN1c1nc(=O)n(C)c2ccc(C(F)F)nc12. The molecule has 0 saturated carbocycles. The van der Waals surface area contributed by atoms with Crippen molar-refractivity contribution in [1.82, 2.24) is 19.4 Å². The lowest BCUT2D eigenvalue weighted by Gasteiger charge is -2.49. The normalized spacial score (nSPS) is 20.1. The van der Waals surface area contributed by atoms with Crippen LogP contribution in [-0.4, -0.2) is 44.6 Å². The predicted octanol–water partition coefficient (Wildman–Crippen LogP) is 5.73. The smallest absolute Gasteiger partial charge is 0.349 e. The number of fused-ring (bicyclic) bond motifs is 1. The van der Waals surface area contributed by atoms with Gasteiger partial charge < -0.3 is 4.90 Å². The molecule has 1 saturated heterocycles. The van der Waals surface area contributed by atoms with Crippen molar-refractivity contribution in [3.05, 3.63) is 63.7 Å². The van der Waals surface area contributed by atoms with Crippen LogP contribution in [0.4, 0.5) is 27.8 Å². The maximum Gasteiger partial charge on any atom is 0.416 e. The first-order valence-corrected chi connectivity index (χ1v) is 12.3. The molecule has 0 N–H and O–H groups in total. The van der Waals surface area contributed by atoms with Gasteiger partial charge in [0.05, 0.1) is 11.1 Å². The Hall–Kier alpha value is -3.08. The van der Waals surface area contributed by atoms with Crippen LogP contribution in [0.15, 0.2) is 41.2 Å². The van der Waals surface area contributed by atoms with Gasteiger partial charge in [0, 0.05) is 38.3 Å². The largest absolute Gasteiger partial charge is 0.416 e. The molecular weight excluding hydrogens is 493 g/mol. The highest BCUT2D eigenvalue weighted by molar-refractivity contribution is 5.86. The number of anilines is 1. The molecule has 3 heterocycles. The van der Waals surface area contributed by atoms with Crippen molar-refractivity contribution in [1.29, 1.82) is 0 Å². The summed E-state index contributed by atoms with van der Waals surface area (Å²) in [7, 11) is 1.53. The standard InChI is InChI=1S/C26H30F5N5O/c1-5-18-14-36(24-22-21(34(4)25(37)33-24)12-11-20(32-22)23(27)28)19(6-2)13-35(18)15(3)16-7-9-17(10-8-16)26(29,30)31/h7-12,15,18-19,23H,5-6,13-14H2,1-4H3/t15?,18-,19+/m1/s1. The predicted molar refractivity (Wildman–Crippen MR) is 132 cm³/mol. The van der Waals surface area contributed by atoms with Crippen LogP contribution in [-0.2, 0) is 13.2 Å². The van der Waals surface area contributed by atoms with E-state index in [9.17, 15) is 26.7 Å². The van der Waals surface area contributed by atoms with Crippen LogP contribution in [0.1, 0.15) is 62.9 Å². The first-order valence-electron chi connectivity index (χ1n) is 12.3. The minimum Gasteiger partial charge on any atom is -0.349 e. The van der Waals surface area contributed by atoms with E-state index in [4.69, 9.17) is 0 Å². The minimum absolute atomic E-state index is 0.0146. The van der Waals surface area contributed by atoms with Crippen molar-refractivity contribution < 1.29 is 22.0 Å². The van der Waals surface area contributed by atoms with Crippen molar-refractivity contribution in [3.63, 3.8) is 0 Å². The van der Waals surface area contributed by atoms with E-state index in [-0.39, 0.29) is 35.2 Å². The summed E-state index contributed by atoms with van der Waals surface area (Å²) in [5, 5.41) is 0. The summed E-state index contributed by atoms with van der Waals surface area (Å²) < 4.78 is 67.3. The summed E-state index contributed by atoms with van der Waals surface area (Å²) >= 11 is 0. The average molecular weight is 524 g/mol. The number of pyridine rings is 1. The number of hydrogen-bond donors (Lipinski definition) is 0. The molecule has 0 aliphatic carbocycles. The summed E-state index contributed by atoms with van der Waals surface area (Å²) in [5.74, 6) is 0.285. The maximum atomic E-state index is 13.5. The third-order valence-electron chi connectivity index (χ3n) is 7.35. The molecular formula is C26H30F5N5O. The quantitative estimate of drug-likeness (QED) is 0.387. The number of benzene rings is 1. The van der Waals surface area contributed by atoms with Gasteiger partial charge in [0.1, 0.15) is 11.2 Å². The summed E-state index contributed by atoms with van der Waals surface area (Å²) in [4.78, 5) is 25.4. The maximum absolute atomic E-state index is 13.5. The number of rotatable bonds is 6. The van der Waals surface area contributed by atoms with Crippen LogP contribution in [0.25, 0.3) is 11.0 Å². The van der Waals surface area contributed by atoms with Gasteiger partial charge in [0.25, 0.3) is 6.43 Å². The van der Waals surface area contributed by atoms with Crippen LogP contribution >= 0.6 is 0 Å². The lowest BCUT2D eigenvalue weighted by molar-refractivity contribution is -0.137. The van der Waals surface area contributed by atoms with Gasteiger partial charge in [-0.1, -0.05) is 26.0 Å². The second-order valence-electron chi connectivity index (χ2n) is 9.45. The third-order valence-corrected chi connectivity index (χ3v) is 7.35. The van der Waals surface area contributed by atoms with Crippen LogP contribution in [0.2, 0.25) is 0 Å². The van der Waals surface area contributed by atoms with Crippen molar-refractivity contribution in [2.24, 2.45) is 7.05 Å². The van der Waals surface area contributed by atoms with Crippen LogP contribution in [0.5, 0.6) is 0 Å². The van der Waals surface area contributed by atoms with Gasteiger partial charge in [-0.05, 0) is 49.6 Å². The summed E-state index contributed by atoms with van der Waals surface area (Å²) in [5.41, 5.74) is -0.136. The Morgan fingerprint density at radius 1 is 0.973 bits per heavy atom. The van der Waals surface area contributed by atoms with Gasteiger partial charge in [-0.3, -0.25) is 9.47 Å². The van der Waals surface area contributed by atoms with Crippen LogP contribution < -0.4 is 10.6 Å². The Morgan fingerprint density at radius 3 is 2.19 bits per heavy atom. The first kappa shape index (κ1) is 27.0. The highest BCUT2D eigenvalue weighted by Gasteiger charge is 2.37. The summed E-state index contributed by atoms with van der Waals surface area (Å²) in [6.07, 6.45) is -5.75. The van der Waals surface area contributed by atoms with E-state index >= 15 is 0 Å². The molecule has 1 aliphatic rings. The molecule has 3 aromatic rings. The molecule has 2 aromatic heterocycles. The van der Waals surface area contributed by atoms with Gasteiger partial charge in [-0.15, -0.1) is 0 Å². The van der Waals surface area contributed by atoms with Crippen molar-refractivity contribution in [2.45, 2.75) is 64.3 Å². The molecule has 11 heteroatoms. The van der Waals surface area contributed by atoms with Gasteiger partial charge in [-0.2, -0.15) is 18.2 Å². The highest BCUT2D eigenvalue weighted by atomic mass is 19.4.